The Hall–Kier alpha value is -0.650. The molecule has 0 aromatic rings. The van der Waals surface area contributed by atoms with Crippen LogP contribution in [0.2, 0.25) is 0 Å². The van der Waals surface area contributed by atoms with Gasteiger partial charge in [0.05, 0.1) is 12.7 Å². The van der Waals surface area contributed by atoms with Crippen molar-refractivity contribution >= 4 is 5.91 Å². The minimum Gasteiger partial charge on any atom is -0.375 e. The van der Waals surface area contributed by atoms with Crippen molar-refractivity contribution in [3.8, 4) is 0 Å². The molecule has 0 bridgehead atoms. The first-order valence-corrected chi connectivity index (χ1v) is 7.10. The van der Waals surface area contributed by atoms with Gasteiger partial charge in [-0.05, 0) is 26.2 Å². The summed E-state index contributed by atoms with van der Waals surface area (Å²) in [6.07, 6.45) is 4.43. The second kappa shape index (κ2) is 6.50. The molecule has 3 N–H and O–H groups in total. The molecule has 1 aliphatic heterocycles. The lowest BCUT2D eigenvalue weighted by molar-refractivity contribution is -0.124. The molecule has 5 heteroatoms. The van der Waals surface area contributed by atoms with Crippen LogP contribution in [0.3, 0.4) is 0 Å². The van der Waals surface area contributed by atoms with Crippen LogP contribution in [-0.2, 0) is 9.53 Å². The SMILES string of the molecule is CCNC(=O)CC(CN)N1CCOC2CCCC21. The highest BCUT2D eigenvalue weighted by molar-refractivity contribution is 5.76. The molecule has 0 aromatic heterocycles. The molecule has 0 spiro atoms. The van der Waals surface area contributed by atoms with Gasteiger partial charge < -0.3 is 15.8 Å². The van der Waals surface area contributed by atoms with Crippen molar-refractivity contribution in [1.29, 1.82) is 0 Å². The molecule has 3 unspecified atom stereocenters. The van der Waals surface area contributed by atoms with Crippen molar-refractivity contribution < 1.29 is 9.53 Å². The molecule has 1 heterocycles. The van der Waals surface area contributed by atoms with Gasteiger partial charge in [0.25, 0.3) is 0 Å². The summed E-state index contributed by atoms with van der Waals surface area (Å²) in [7, 11) is 0. The van der Waals surface area contributed by atoms with E-state index in [-0.39, 0.29) is 11.9 Å². The zero-order valence-electron chi connectivity index (χ0n) is 11.2. The average molecular weight is 255 g/mol. The highest BCUT2D eigenvalue weighted by Gasteiger charge is 2.39. The Bertz CT molecular complexity index is 285. The molecule has 104 valence electrons. The molecule has 2 aliphatic rings. The van der Waals surface area contributed by atoms with Gasteiger partial charge in [0.15, 0.2) is 0 Å². The van der Waals surface area contributed by atoms with Gasteiger partial charge in [0, 0.05) is 38.1 Å². The van der Waals surface area contributed by atoms with Gasteiger partial charge in [-0.1, -0.05) is 0 Å². The van der Waals surface area contributed by atoms with Crippen LogP contribution in [-0.4, -0.2) is 55.2 Å². The van der Waals surface area contributed by atoms with Gasteiger partial charge in [-0.3, -0.25) is 9.69 Å². The molecular weight excluding hydrogens is 230 g/mol. The third-order valence-electron chi connectivity index (χ3n) is 4.06. The first-order chi connectivity index (χ1) is 8.76. The number of nitrogens with two attached hydrogens (primary N) is 1. The quantitative estimate of drug-likeness (QED) is 0.731. The smallest absolute Gasteiger partial charge is 0.221 e. The van der Waals surface area contributed by atoms with Crippen molar-refractivity contribution in [2.24, 2.45) is 5.73 Å². The molecule has 2 fully saturated rings. The minimum atomic E-state index is 0.106. The van der Waals surface area contributed by atoms with Gasteiger partial charge in [-0.2, -0.15) is 0 Å². The number of rotatable bonds is 5. The minimum absolute atomic E-state index is 0.106. The molecule has 3 atom stereocenters. The predicted molar refractivity (Wildman–Crippen MR) is 70.2 cm³/mol. The summed E-state index contributed by atoms with van der Waals surface area (Å²) in [6.45, 7) is 4.85. The Kier molecular flexibility index (Phi) is 4.97. The summed E-state index contributed by atoms with van der Waals surface area (Å²) in [6, 6.07) is 0.632. The number of hydrogen-bond donors (Lipinski definition) is 2. The van der Waals surface area contributed by atoms with Crippen LogP contribution in [0.1, 0.15) is 32.6 Å². The molecule has 18 heavy (non-hydrogen) atoms. The highest BCUT2D eigenvalue weighted by Crippen LogP contribution is 2.31. The van der Waals surface area contributed by atoms with Crippen molar-refractivity contribution in [3.63, 3.8) is 0 Å². The Balaban J connectivity index is 1.95. The summed E-state index contributed by atoms with van der Waals surface area (Å²) in [5.41, 5.74) is 5.87. The molecule has 1 saturated heterocycles. The lowest BCUT2D eigenvalue weighted by Gasteiger charge is -2.42. The fourth-order valence-corrected chi connectivity index (χ4v) is 3.23. The molecule has 5 nitrogen and oxygen atoms in total. The monoisotopic (exact) mass is 255 g/mol. The number of nitrogens with one attached hydrogen (secondary N) is 1. The van der Waals surface area contributed by atoms with Gasteiger partial charge in [-0.15, -0.1) is 0 Å². The van der Waals surface area contributed by atoms with Crippen molar-refractivity contribution in [3.05, 3.63) is 0 Å². The first kappa shape index (κ1) is 13.8. The van der Waals surface area contributed by atoms with Gasteiger partial charge >= 0.3 is 0 Å². The summed E-state index contributed by atoms with van der Waals surface area (Å²) in [5.74, 6) is 0.106. The normalized spacial score (nSPS) is 29.9. The van der Waals surface area contributed by atoms with Crippen LogP contribution in [0.5, 0.6) is 0 Å². The number of hydrogen-bond acceptors (Lipinski definition) is 4. The molecule has 2 rings (SSSR count). The predicted octanol–water partition coefficient (Wildman–Crippen LogP) is 0.0932. The zero-order chi connectivity index (χ0) is 13.0. The van der Waals surface area contributed by atoms with E-state index in [2.05, 4.69) is 10.2 Å². The van der Waals surface area contributed by atoms with Crippen LogP contribution >= 0.6 is 0 Å². The number of nitrogens with zero attached hydrogens (tertiary/aromatic N) is 1. The van der Waals surface area contributed by atoms with Crippen molar-refractivity contribution in [2.45, 2.75) is 50.8 Å². The van der Waals surface area contributed by atoms with E-state index >= 15 is 0 Å². The Morgan fingerprint density at radius 3 is 3.11 bits per heavy atom. The van der Waals surface area contributed by atoms with E-state index in [1.807, 2.05) is 6.92 Å². The fraction of sp³-hybridized carbons (Fsp3) is 0.923. The second-order valence-corrected chi connectivity index (χ2v) is 5.19. The van der Waals surface area contributed by atoms with Gasteiger partial charge in [0.1, 0.15) is 0 Å². The number of fused-ring (bicyclic) bond motifs is 1. The Labute approximate surface area is 109 Å². The topological polar surface area (TPSA) is 67.6 Å². The largest absolute Gasteiger partial charge is 0.375 e. The molecule has 0 aromatic carbocycles. The summed E-state index contributed by atoms with van der Waals surface area (Å²) in [5, 5.41) is 2.86. The van der Waals surface area contributed by atoms with Crippen molar-refractivity contribution in [1.82, 2.24) is 10.2 Å². The van der Waals surface area contributed by atoms with E-state index < -0.39 is 0 Å². The van der Waals surface area contributed by atoms with E-state index in [0.29, 0.717) is 31.7 Å². The first-order valence-electron chi connectivity index (χ1n) is 7.10. The lowest BCUT2D eigenvalue weighted by atomic mass is 10.0. The van der Waals surface area contributed by atoms with Gasteiger partial charge in [-0.25, -0.2) is 0 Å². The van der Waals surface area contributed by atoms with E-state index in [1.54, 1.807) is 0 Å². The molecule has 1 saturated carbocycles. The van der Waals surface area contributed by atoms with Gasteiger partial charge in [0.2, 0.25) is 5.91 Å². The summed E-state index contributed by atoms with van der Waals surface area (Å²) < 4.78 is 5.80. The summed E-state index contributed by atoms with van der Waals surface area (Å²) >= 11 is 0. The van der Waals surface area contributed by atoms with Crippen LogP contribution in [0.15, 0.2) is 0 Å². The lowest BCUT2D eigenvalue weighted by Crippen LogP contribution is -2.56. The van der Waals surface area contributed by atoms with E-state index in [9.17, 15) is 4.79 Å². The zero-order valence-corrected chi connectivity index (χ0v) is 11.2. The van der Waals surface area contributed by atoms with Crippen LogP contribution in [0.25, 0.3) is 0 Å². The number of carbonyl (C=O) groups excluding carboxylic acids is 1. The third kappa shape index (κ3) is 3.02. The molecular formula is C13H25N3O2. The Morgan fingerprint density at radius 2 is 2.39 bits per heavy atom. The Morgan fingerprint density at radius 1 is 1.56 bits per heavy atom. The number of amides is 1. The average Bonchev–Trinajstić information content (AvgIpc) is 2.84. The van der Waals surface area contributed by atoms with E-state index in [1.165, 1.54) is 12.8 Å². The number of carbonyl (C=O) groups is 1. The third-order valence-corrected chi connectivity index (χ3v) is 4.06. The van der Waals surface area contributed by atoms with Crippen LogP contribution in [0.4, 0.5) is 0 Å². The van der Waals surface area contributed by atoms with Crippen LogP contribution in [0, 0.1) is 0 Å². The summed E-state index contributed by atoms with van der Waals surface area (Å²) in [4.78, 5) is 14.1. The van der Waals surface area contributed by atoms with E-state index in [4.69, 9.17) is 10.5 Å². The maximum atomic E-state index is 11.7. The van der Waals surface area contributed by atoms with Crippen LogP contribution < -0.4 is 11.1 Å². The molecule has 0 radical (unpaired) electrons. The molecule has 1 amide bonds. The highest BCUT2D eigenvalue weighted by atomic mass is 16.5. The second-order valence-electron chi connectivity index (χ2n) is 5.19. The molecule has 1 aliphatic carbocycles. The standard InChI is InChI=1S/C13H25N3O2/c1-2-15-13(17)8-10(9-14)16-6-7-18-12-5-3-4-11(12)16/h10-12H,2-9,14H2,1H3,(H,15,17). The maximum absolute atomic E-state index is 11.7. The maximum Gasteiger partial charge on any atom is 0.221 e. The van der Waals surface area contributed by atoms with E-state index in [0.717, 1.165) is 19.6 Å². The van der Waals surface area contributed by atoms with Crippen molar-refractivity contribution in [2.75, 3.05) is 26.2 Å². The number of morpholine rings is 1. The number of ether oxygens (including phenoxy) is 1. The fourth-order valence-electron chi connectivity index (χ4n) is 3.23.